The molecule has 1 fully saturated rings. The van der Waals surface area contributed by atoms with Crippen LogP contribution in [-0.4, -0.2) is 25.7 Å². The van der Waals surface area contributed by atoms with Gasteiger partial charge in [-0.2, -0.15) is 0 Å². The predicted molar refractivity (Wildman–Crippen MR) is 62.1 cm³/mol. The average molecular weight is 206 g/mol. The highest BCUT2D eigenvalue weighted by Crippen LogP contribution is 2.17. The maximum atomic E-state index is 5.44. The summed E-state index contributed by atoms with van der Waals surface area (Å²) in [6, 6.07) is 8.92. The number of hydrogen-bond donors (Lipinski definition) is 2. The molecule has 0 radical (unpaired) electrons. The first-order valence-corrected chi connectivity index (χ1v) is 5.53. The quantitative estimate of drug-likeness (QED) is 0.768. The van der Waals surface area contributed by atoms with Gasteiger partial charge in [0.05, 0.1) is 12.6 Å². The fourth-order valence-electron chi connectivity index (χ4n) is 1.61. The second-order valence-corrected chi connectivity index (χ2v) is 3.79. The summed E-state index contributed by atoms with van der Waals surface area (Å²) in [4.78, 5) is 0. The van der Waals surface area contributed by atoms with Crippen LogP contribution in [0, 0.1) is 0 Å². The van der Waals surface area contributed by atoms with Crippen molar-refractivity contribution in [1.82, 2.24) is 5.32 Å². The number of benzene rings is 1. The monoisotopic (exact) mass is 206 g/mol. The Balaban J connectivity index is 1.99. The van der Waals surface area contributed by atoms with Crippen LogP contribution in [0.4, 0.5) is 5.69 Å². The van der Waals surface area contributed by atoms with Crippen LogP contribution in [0.25, 0.3) is 0 Å². The minimum absolute atomic E-state index is 0.577. The molecule has 0 amide bonds. The molecule has 1 aliphatic heterocycles. The number of anilines is 1. The normalized spacial score (nSPS) is 16.1. The summed E-state index contributed by atoms with van der Waals surface area (Å²) in [5, 5.41) is 6.76. The molecule has 0 unspecified atom stereocenters. The molecule has 0 atom stereocenters. The summed E-state index contributed by atoms with van der Waals surface area (Å²) >= 11 is 0. The molecule has 1 heterocycles. The first-order chi connectivity index (χ1) is 7.40. The Morgan fingerprint density at radius 2 is 2.20 bits per heavy atom. The SMILES string of the molecule is CCOCc1ccccc1NC1CNC1. The van der Waals surface area contributed by atoms with E-state index in [1.54, 1.807) is 0 Å². The summed E-state index contributed by atoms with van der Waals surface area (Å²) < 4.78 is 5.44. The van der Waals surface area contributed by atoms with E-state index in [9.17, 15) is 0 Å². The Kier molecular flexibility index (Phi) is 3.59. The Labute approximate surface area is 90.8 Å². The molecule has 3 nitrogen and oxygen atoms in total. The number of rotatable bonds is 5. The predicted octanol–water partition coefficient (Wildman–Crippen LogP) is 1.61. The molecule has 3 heteroatoms. The molecule has 1 aromatic carbocycles. The van der Waals surface area contributed by atoms with Gasteiger partial charge >= 0.3 is 0 Å². The largest absolute Gasteiger partial charge is 0.379 e. The van der Waals surface area contributed by atoms with Gasteiger partial charge in [-0.25, -0.2) is 0 Å². The third-order valence-corrected chi connectivity index (χ3v) is 2.62. The number of ether oxygens (including phenoxy) is 1. The van der Waals surface area contributed by atoms with Crippen LogP contribution in [0.15, 0.2) is 24.3 Å². The Morgan fingerprint density at radius 3 is 2.87 bits per heavy atom. The maximum absolute atomic E-state index is 5.44. The van der Waals surface area contributed by atoms with Crippen molar-refractivity contribution in [1.29, 1.82) is 0 Å². The molecule has 0 saturated carbocycles. The van der Waals surface area contributed by atoms with Crippen molar-refractivity contribution in [2.24, 2.45) is 0 Å². The molecule has 0 aliphatic carbocycles. The number of nitrogens with one attached hydrogen (secondary N) is 2. The second-order valence-electron chi connectivity index (χ2n) is 3.79. The van der Waals surface area contributed by atoms with Gasteiger partial charge in [0, 0.05) is 30.9 Å². The average Bonchev–Trinajstić information content (AvgIpc) is 2.22. The van der Waals surface area contributed by atoms with Crippen LogP contribution in [0.1, 0.15) is 12.5 Å². The molecule has 0 spiro atoms. The lowest BCUT2D eigenvalue weighted by Gasteiger charge is -2.29. The van der Waals surface area contributed by atoms with Crippen LogP contribution >= 0.6 is 0 Å². The first-order valence-electron chi connectivity index (χ1n) is 5.53. The summed E-state index contributed by atoms with van der Waals surface area (Å²) in [6.07, 6.45) is 0. The fraction of sp³-hybridized carbons (Fsp3) is 0.500. The lowest BCUT2D eigenvalue weighted by molar-refractivity contribution is 0.134. The van der Waals surface area contributed by atoms with Crippen LogP contribution in [-0.2, 0) is 11.3 Å². The van der Waals surface area contributed by atoms with E-state index in [1.165, 1.54) is 11.3 Å². The van der Waals surface area contributed by atoms with Crippen molar-refractivity contribution in [3.8, 4) is 0 Å². The van der Waals surface area contributed by atoms with Crippen LogP contribution < -0.4 is 10.6 Å². The van der Waals surface area contributed by atoms with Crippen molar-refractivity contribution in [2.45, 2.75) is 19.6 Å². The molecule has 0 bridgehead atoms. The third kappa shape index (κ3) is 2.70. The molecule has 1 aromatic rings. The minimum Gasteiger partial charge on any atom is -0.379 e. The van der Waals surface area contributed by atoms with E-state index in [1.807, 2.05) is 6.92 Å². The molecule has 15 heavy (non-hydrogen) atoms. The van der Waals surface area contributed by atoms with Gasteiger partial charge in [0.15, 0.2) is 0 Å². The summed E-state index contributed by atoms with van der Waals surface area (Å²) in [5.74, 6) is 0. The molecular weight excluding hydrogens is 188 g/mol. The van der Waals surface area contributed by atoms with Crippen LogP contribution in [0.3, 0.4) is 0 Å². The van der Waals surface area contributed by atoms with Gasteiger partial charge < -0.3 is 15.4 Å². The molecule has 82 valence electrons. The zero-order valence-corrected chi connectivity index (χ0v) is 9.12. The molecule has 2 N–H and O–H groups in total. The first kappa shape index (κ1) is 10.5. The molecular formula is C12H18N2O. The Bertz CT molecular complexity index is 310. The molecule has 2 rings (SSSR count). The number of para-hydroxylation sites is 1. The van der Waals surface area contributed by atoms with E-state index in [0.717, 1.165) is 19.7 Å². The standard InChI is InChI=1S/C12H18N2O/c1-2-15-9-10-5-3-4-6-12(10)14-11-7-13-8-11/h3-6,11,13-14H,2,7-9H2,1H3. The smallest absolute Gasteiger partial charge is 0.0736 e. The van der Waals surface area contributed by atoms with Gasteiger partial charge in [-0.15, -0.1) is 0 Å². The van der Waals surface area contributed by atoms with E-state index in [-0.39, 0.29) is 0 Å². The molecule has 1 aliphatic rings. The van der Waals surface area contributed by atoms with Crippen molar-refractivity contribution in [3.63, 3.8) is 0 Å². The van der Waals surface area contributed by atoms with Crippen molar-refractivity contribution >= 4 is 5.69 Å². The Morgan fingerprint density at radius 1 is 1.40 bits per heavy atom. The van der Waals surface area contributed by atoms with Gasteiger partial charge in [0.2, 0.25) is 0 Å². The van der Waals surface area contributed by atoms with Crippen LogP contribution in [0.2, 0.25) is 0 Å². The highest BCUT2D eigenvalue weighted by atomic mass is 16.5. The highest BCUT2D eigenvalue weighted by Gasteiger charge is 2.16. The summed E-state index contributed by atoms with van der Waals surface area (Å²) in [5.41, 5.74) is 2.45. The van der Waals surface area contributed by atoms with E-state index in [0.29, 0.717) is 12.6 Å². The van der Waals surface area contributed by atoms with Crippen molar-refractivity contribution in [3.05, 3.63) is 29.8 Å². The lowest BCUT2D eigenvalue weighted by Crippen LogP contribution is -2.51. The van der Waals surface area contributed by atoms with E-state index in [4.69, 9.17) is 4.74 Å². The van der Waals surface area contributed by atoms with E-state index < -0.39 is 0 Å². The summed E-state index contributed by atoms with van der Waals surface area (Å²) in [6.45, 7) is 5.59. The van der Waals surface area contributed by atoms with Crippen molar-refractivity contribution < 1.29 is 4.74 Å². The van der Waals surface area contributed by atoms with Gasteiger partial charge in [0.25, 0.3) is 0 Å². The zero-order valence-electron chi connectivity index (χ0n) is 9.12. The van der Waals surface area contributed by atoms with Crippen molar-refractivity contribution in [2.75, 3.05) is 25.0 Å². The van der Waals surface area contributed by atoms with Gasteiger partial charge in [-0.05, 0) is 13.0 Å². The third-order valence-electron chi connectivity index (χ3n) is 2.62. The maximum Gasteiger partial charge on any atom is 0.0736 e. The van der Waals surface area contributed by atoms with E-state index in [2.05, 4.69) is 34.9 Å². The number of hydrogen-bond acceptors (Lipinski definition) is 3. The summed E-state index contributed by atoms with van der Waals surface area (Å²) in [7, 11) is 0. The second kappa shape index (κ2) is 5.14. The lowest BCUT2D eigenvalue weighted by atomic mass is 10.1. The van der Waals surface area contributed by atoms with Gasteiger partial charge in [0.1, 0.15) is 0 Å². The Hall–Kier alpha value is -1.06. The van der Waals surface area contributed by atoms with Crippen LogP contribution in [0.5, 0.6) is 0 Å². The van der Waals surface area contributed by atoms with E-state index >= 15 is 0 Å². The van der Waals surface area contributed by atoms with Gasteiger partial charge in [-0.3, -0.25) is 0 Å². The topological polar surface area (TPSA) is 33.3 Å². The molecule has 0 aromatic heterocycles. The highest BCUT2D eigenvalue weighted by molar-refractivity contribution is 5.52. The van der Waals surface area contributed by atoms with Gasteiger partial charge in [-0.1, -0.05) is 18.2 Å². The fourth-order valence-corrected chi connectivity index (χ4v) is 1.61. The zero-order chi connectivity index (χ0) is 10.5. The molecule has 1 saturated heterocycles. The minimum atomic E-state index is 0.577.